The molecule has 19 heavy (non-hydrogen) atoms. The van der Waals surface area contributed by atoms with Crippen LogP contribution in [0, 0.1) is 6.92 Å². The molecule has 0 saturated heterocycles. The van der Waals surface area contributed by atoms with Gasteiger partial charge in [0.05, 0.1) is 11.5 Å². The van der Waals surface area contributed by atoms with Gasteiger partial charge in [0.1, 0.15) is 0 Å². The number of benzene rings is 1. The van der Waals surface area contributed by atoms with Gasteiger partial charge in [-0.1, -0.05) is 49.5 Å². The predicted octanol–water partition coefficient (Wildman–Crippen LogP) is 3.59. The van der Waals surface area contributed by atoms with Crippen molar-refractivity contribution in [3.63, 3.8) is 0 Å². The second kappa shape index (κ2) is 6.03. The zero-order valence-corrected chi connectivity index (χ0v) is 13.9. The van der Waals surface area contributed by atoms with Crippen molar-refractivity contribution < 1.29 is 12.6 Å². The van der Waals surface area contributed by atoms with E-state index in [1.165, 1.54) is 0 Å². The molecule has 0 N–H and O–H groups in total. The van der Waals surface area contributed by atoms with Crippen molar-refractivity contribution in [1.82, 2.24) is 0 Å². The van der Waals surface area contributed by atoms with Crippen LogP contribution in [-0.4, -0.2) is 23.1 Å². The number of hydrogen-bond donors (Lipinski definition) is 0. The van der Waals surface area contributed by atoms with E-state index < -0.39 is 18.2 Å². The fraction of sp³-hybridized carbons (Fsp3) is 0.429. The fourth-order valence-electron chi connectivity index (χ4n) is 1.73. The second-order valence-electron chi connectivity index (χ2n) is 6.02. The highest BCUT2D eigenvalue weighted by atomic mass is 32.2. The van der Waals surface area contributed by atoms with E-state index in [0.29, 0.717) is 0 Å². The van der Waals surface area contributed by atoms with Gasteiger partial charge < -0.3 is 0 Å². The van der Waals surface area contributed by atoms with Crippen molar-refractivity contribution in [2.24, 2.45) is 0 Å². The summed E-state index contributed by atoms with van der Waals surface area (Å²) >= 11 is 0. The highest BCUT2D eigenvalue weighted by Crippen LogP contribution is 2.18. The van der Waals surface area contributed by atoms with Crippen molar-refractivity contribution in [2.45, 2.75) is 37.5 Å². The molecule has 0 atom stereocenters. The monoisotopic (exact) mass is 298 g/mol. The summed E-state index contributed by atoms with van der Waals surface area (Å²) in [7, 11) is -4.95. The smallest absolute Gasteiger partial charge is 0.262 e. The Hall–Kier alpha value is -0.913. The third-order valence-corrected chi connectivity index (χ3v) is 5.35. The number of aryl methyl sites for hydroxylation is 1. The zero-order chi connectivity index (χ0) is 14.7. The van der Waals surface area contributed by atoms with E-state index in [9.17, 15) is 8.42 Å². The first-order valence-electron chi connectivity index (χ1n) is 6.23. The summed E-state index contributed by atoms with van der Waals surface area (Å²) in [6.07, 6.45) is 0. The third-order valence-electron chi connectivity index (χ3n) is 2.51. The largest absolute Gasteiger partial charge is 0.297 e. The number of rotatable bonds is 6. The molecule has 0 spiro atoms. The molecule has 0 heterocycles. The van der Waals surface area contributed by atoms with E-state index in [-0.39, 0.29) is 11.5 Å². The quantitative estimate of drug-likeness (QED) is 0.458. The molecule has 0 saturated carbocycles. The topological polar surface area (TPSA) is 43.4 Å². The van der Waals surface area contributed by atoms with Gasteiger partial charge in [0, 0.05) is 8.07 Å². The zero-order valence-electron chi connectivity index (χ0n) is 12.1. The lowest BCUT2D eigenvalue weighted by Crippen LogP contribution is -2.21. The molecule has 0 aliphatic rings. The lowest BCUT2D eigenvalue weighted by Gasteiger charge is -2.17. The highest BCUT2D eigenvalue weighted by molar-refractivity contribution is 7.86. The van der Waals surface area contributed by atoms with Gasteiger partial charge in [-0.3, -0.25) is 4.18 Å². The van der Waals surface area contributed by atoms with Crippen LogP contribution in [0.25, 0.3) is 0 Å². The Morgan fingerprint density at radius 1 is 1.21 bits per heavy atom. The minimum atomic E-state index is -3.67. The van der Waals surface area contributed by atoms with Crippen LogP contribution in [-0.2, 0) is 14.3 Å². The number of hydrogen-bond acceptors (Lipinski definition) is 3. The standard InChI is InChI=1S/C14H22O3SSi/c1-12-6-8-14(9-7-12)18(15,16)17-10-13(2)11-19(3,4)5/h6-9H,2,10-11H2,1,3-5H3. The van der Waals surface area contributed by atoms with Crippen LogP contribution in [0.5, 0.6) is 0 Å². The summed E-state index contributed by atoms with van der Waals surface area (Å²) in [5.74, 6) is 0. The average molecular weight is 298 g/mol. The molecule has 1 rings (SSSR count). The van der Waals surface area contributed by atoms with Crippen LogP contribution in [0.15, 0.2) is 41.3 Å². The molecule has 0 aromatic heterocycles. The van der Waals surface area contributed by atoms with Gasteiger partial charge in [-0.15, -0.1) is 0 Å². The third kappa shape index (κ3) is 5.72. The van der Waals surface area contributed by atoms with Crippen LogP contribution in [0.3, 0.4) is 0 Å². The summed E-state index contributed by atoms with van der Waals surface area (Å²) in [6, 6.07) is 7.51. The molecule has 3 nitrogen and oxygen atoms in total. The fourth-order valence-corrected chi connectivity index (χ4v) is 4.26. The van der Waals surface area contributed by atoms with Crippen molar-refractivity contribution in [3.8, 4) is 0 Å². The normalized spacial score (nSPS) is 12.4. The first-order valence-corrected chi connectivity index (χ1v) is 11.3. The first kappa shape index (κ1) is 16.1. The van der Waals surface area contributed by atoms with Crippen LogP contribution in [0.1, 0.15) is 5.56 Å². The van der Waals surface area contributed by atoms with Crippen LogP contribution >= 0.6 is 0 Å². The van der Waals surface area contributed by atoms with Gasteiger partial charge in [-0.25, -0.2) is 0 Å². The van der Waals surface area contributed by atoms with Gasteiger partial charge in [0.15, 0.2) is 0 Å². The molecule has 0 unspecified atom stereocenters. The summed E-state index contributed by atoms with van der Waals surface area (Å²) in [6.45, 7) is 12.5. The van der Waals surface area contributed by atoms with E-state index in [4.69, 9.17) is 4.18 Å². The molecule has 1 aromatic rings. The van der Waals surface area contributed by atoms with E-state index in [2.05, 4.69) is 26.2 Å². The molecule has 0 aliphatic heterocycles. The molecule has 0 bridgehead atoms. The predicted molar refractivity (Wildman–Crippen MR) is 81.6 cm³/mol. The van der Waals surface area contributed by atoms with Crippen LogP contribution < -0.4 is 0 Å². The molecule has 0 aliphatic carbocycles. The molecule has 5 heteroatoms. The Morgan fingerprint density at radius 3 is 2.21 bits per heavy atom. The van der Waals surface area contributed by atoms with Crippen molar-refractivity contribution >= 4 is 18.2 Å². The summed E-state index contributed by atoms with van der Waals surface area (Å²) < 4.78 is 29.0. The molecule has 106 valence electrons. The van der Waals surface area contributed by atoms with E-state index in [1.54, 1.807) is 24.3 Å². The lowest BCUT2D eigenvalue weighted by molar-refractivity contribution is 0.348. The summed E-state index contributed by atoms with van der Waals surface area (Å²) in [5.41, 5.74) is 1.86. The Morgan fingerprint density at radius 2 is 1.74 bits per heavy atom. The lowest BCUT2D eigenvalue weighted by atomic mass is 10.2. The van der Waals surface area contributed by atoms with E-state index in [1.807, 2.05) is 6.92 Å². The molecule has 0 radical (unpaired) electrons. The molecular formula is C14H22O3SSi. The minimum Gasteiger partial charge on any atom is -0.262 e. The Bertz CT molecular complexity index is 539. The SMILES string of the molecule is C=C(COS(=O)(=O)c1ccc(C)cc1)C[Si](C)(C)C. The average Bonchev–Trinajstić information content (AvgIpc) is 2.25. The first-order chi connectivity index (χ1) is 8.60. The molecule has 1 aromatic carbocycles. The van der Waals surface area contributed by atoms with Crippen molar-refractivity contribution in [3.05, 3.63) is 42.0 Å². The Balaban J connectivity index is 2.66. The molecule has 0 amide bonds. The molecular weight excluding hydrogens is 276 g/mol. The van der Waals surface area contributed by atoms with Gasteiger partial charge >= 0.3 is 0 Å². The molecule has 0 fully saturated rings. The van der Waals surface area contributed by atoms with Gasteiger partial charge in [-0.05, 0) is 25.1 Å². The highest BCUT2D eigenvalue weighted by Gasteiger charge is 2.18. The summed E-state index contributed by atoms with van der Waals surface area (Å²) in [5, 5.41) is 0. The second-order valence-corrected chi connectivity index (χ2v) is 13.1. The van der Waals surface area contributed by atoms with Crippen molar-refractivity contribution in [1.29, 1.82) is 0 Å². The maximum absolute atomic E-state index is 12.0. The minimum absolute atomic E-state index is 0.0699. The Labute approximate surface area is 117 Å². The maximum atomic E-state index is 12.0. The van der Waals surface area contributed by atoms with Gasteiger partial charge in [0.2, 0.25) is 0 Å². The van der Waals surface area contributed by atoms with Crippen LogP contribution in [0.2, 0.25) is 25.7 Å². The van der Waals surface area contributed by atoms with E-state index >= 15 is 0 Å². The van der Waals surface area contributed by atoms with Gasteiger partial charge in [0.25, 0.3) is 10.1 Å². The van der Waals surface area contributed by atoms with Gasteiger partial charge in [-0.2, -0.15) is 8.42 Å². The van der Waals surface area contributed by atoms with Crippen LogP contribution in [0.4, 0.5) is 0 Å². The Kier molecular flexibility index (Phi) is 5.12. The van der Waals surface area contributed by atoms with Crippen molar-refractivity contribution in [2.75, 3.05) is 6.61 Å². The summed E-state index contributed by atoms with van der Waals surface area (Å²) in [4.78, 5) is 0.193. The maximum Gasteiger partial charge on any atom is 0.297 e. The van der Waals surface area contributed by atoms with E-state index in [0.717, 1.165) is 17.2 Å².